The van der Waals surface area contributed by atoms with Crippen molar-refractivity contribution in [1.82, 2.24) is 0 Å². The molecule has 9 heteroatoms. The van der Waals surface area contributed by atoms with Crippen LogP contribution < -0.4 is 0 Å². The summed E-state index contributed by atoms with van der Waals surface area (Å²) in [6.45, 7) is 0. The minimum atomic E-state index is -4.29. The fourth-order valence-electron chi connectivity index (χ4n) is 1.25. The maximum absolute atomic E-state index is 12.9. The number of alkyl halides is 1. The van der Waals surface area contributed by atoms with Crippen LogP contribution >= 0.6 is 0 Å². The van der Waals surface area contributed by atoms with Crippen LogP contribution in [0.4, 0.5) is 4.39 Å². The first-order valence-electron chi connectivity index (χ1n) is 3.29. The summed E-state index contributed by atoms with van der Waals surface area (Å²) >= 11 is 0. The van der Waals surface area contributed by atoms with Crippen LogP contribution in [0.25, 0.3) is 0 Å². The maximum Gasteiger partial charge on any atom is 0.303 e. The van der Waals surface area contributed by atoms with Crippen molar-refractivity contribution in [1.29, 1.82) is 0 Å². The number of fused-ring (bicyclic) bond motifs is 1. The Labute approximate surface area is 73.9 Å². The van der Waals surface area contributed by atoms with Gasteiger partial charge in [-0.3, -0.25) is 8.37 Å². The molecule has 0 saturated carbocycles. The standard InChI is InChI=1S/C4H5FO6S2/c5-4-3-2(10-13(4,8)9)1-12(6,7)11-3/h2-4H,1H2. The van der Waals surface area contributed by atoms with Gasteiger partial charge >= 0.3 is 10.1 Å². The molecule has 0 bridgehead atoms. The van der Waals surface area contributed by atoms with E-state index < -0.39 is 43.7 Å². The summed E-state index contributed by atoms with van der Waals surface area (Å²) < 4.78 is 64.2. The Balaban J connectivity index is 2.36. The average Bonchev–Trinajstić information content (AvgIpc) is 2.30. The van der Waals surface area contributed by atoms with Crippen molar-refractivity contribution < 1.29 is 29.6 Å². The Morgan fingerprint density at radius 1 is 1.15 bits per heavy atom. The highest BCUT2D eigenvalue weighted by molar-refractivity contribution is 7.88. The van der Waals surface area contributed by atoms with Crippen LogP contribution in [0.15, 0.2) is 0 Å². The van der Waals surface area contributed by atoms with Gasteiger partial charge in [-0.2, -0.15) is 16.8 Å². The fraction of sp³-hybridized carbons (Fsp3) is 1.00. The smallest absolute Gasteiger partial charge is 0.260 e. The van der Waals surface area contributed by atoms with Crippen LogP contribution in [0.1, 0.15) is 0 Å². The van der Waals surface area contributed by atoms with E-state index in [-0.39, 0.29) is 0 Å². The summed E-state index contributed by atoms with van der Waals surface area (Å²) in [5.41, 5.74) is -2.41. The summed E-state index contributed by atoms with van der Waals surface area (Å²) in [6, 6.07) is 0. The zero-order valence-corrected chi connectivity index (χ0v) is 7.72. The van der Waals surface area contributed by atoms with Gasteiger partial charge in [-0.25, -0.2) is 4.39 Å². The molecule has 6 nitrogen and oxygen atoms in total. The minimum absolute atomic E-state index is 0.614. The van der Waals surface area contributed by atoms with E-state index in [2.05, 4.69) is 8.37 Å². The van der Waals surface area contributed by atoms with Gasteiger partial charge in [0.25, 0.3) is 15.6 Å². The highest BCUT2D eigenvalue weighted by Crippen LogP contribution is 2.34. The quantitative estimate of drug-likeness (QED) is 0.484. The largest absolute Gasteiger partial charge is 0.303 e. The van der Waals surface area contributed by atoms with Crippen molar-refractivity contribution in [3.63, 3.8) is 0 Å². The average molecular weight is 232 g/mol. The normalized spacial score (nSPS) is 46.1. The molecule has 0 amide bonds. The van der Waals surface area contributed by atoms with E-state index in [0.29, 0.717) is 0 Å². The van der Waals surface area contributed by atoms with Crippen molar-refractivity contribution in [2.24, 2.45) is 0 Å². The van der Waals surface area contributed by atoms with Crippen LogP contribution in [0, 0.1) is 0 Å². The van der Waals surface area contributed by atoms with Gasteiger partial charge in [0.2, 0.25) is 0 Å². The molecule has 2 saturated heterocycles. The van der Waals surface area contributed by atoms with Crippen molar-refractivity contribution in [2.45, 2.75) is 17.7 Å². The second-order valence-corrected chi connectivity index (χ2v) is 6.03. The van der Waals surface area contributed by atoms with Gasteiger partial charge in [0.05, 0.1) is 0 Å². The van der Waals surface area contributed by atoms with E-state index in [1.165, 1.54) is 0 Å². The lowest BCUT2D eigenvalue weighted by atomic mass is 10.2. The summed E-state index contributed by atoms with van der Waals surface area (Å²) in [6.07, 6.45) is -2.76. The van der Waals surface area contributed by atoms with Gasteiger partial charge in [-0.1, -0.05) is 0 Å². The predicted molar refractivity (Wildman–Crippen MR) is 37.3 cm³/mol. The maximum atomic E-state index is 12.9. The van der Waals surface area contributed by atoms with E-state index in [1.54, 1.807) is 0 Å². The molecule has 76 valence electrons. The van der Waals surface area contributed by atoms with Crippen LogP contribution in [0.3, 0.4) is 0 Å². The lowest BCUT2D eigenvalue weighted by Gasteiger charge is -2.02. The van der Waals surface area contributed by atoms with E-state index in [1.807, 2.05) is 0 Å². The molecule has 0 aromatic carbocycles. The third kappa shape index (κ3) is 1.35. The second kappa shape index (κ2) is 2.41. The third-order valence-electron chi connectivity index (χ3n) is 1.78. The lowest BCUT2D eigenvalue weighted by Crippen LogP contribution is -2.25. The van der Waals surface area contributed by atoms with Crippen LogP contribution in [-0.2, 0) is 28.6 Å². The molecule has 0 aromatic rings. The SMILES string of the molecule is O=S1(=O)CC2OS(=O)(=O)C(F)C2O1. The molecule has 0 N–H and O–H groups in total. The van der Waals surface area contributed by atoms with E-state index >= 15 is 0 Å². The minimum Gasteiger partial charge on any atom is -0.260 e. The van der Waals surface area contributed by atoms with Crippen LogP contribution in [-0.4, -0.2) is 40.3 Å². The van der Waals surface area contributed by atoms with Crippen molar-refractivity contribution in [3.8, 4) is 0 Å². The van der Waals surface area contributed by atoms with E-state index in [0.717, 1.165) is 0 Å². The number of halogens is 1. The Morgan fingerprint density at radius 3 is 2.31 bits per heavy atom. The third-order valence-corrected chi connectivity index (χ3v) is 4.37. The number of rotatable bonds is 0. The monoisotopic (exact) mass is 232 g/mol. The molecule has 2 fully saturated rings. The highest BCUT2D eigenvalue weighted by Gasteiger charge is 2.57. The second-order valence-electron chi connectivity index (χ2n) is 2.76. The van der Waals surface area contributed by atoms with Gasteiger partial charge in [-0.15, -0.1) is 0 Å². The molecular weight excluding hydrogens is 227 g/mol. The number of hydrogen-bond donors (Lipinski definition) is 0. The van der Waals surface area contributed by atoms with Gasteiger partial charge in [0.1, 0.15) is 11.9 Å². The van der Waals surface area contributed by atoms with Gasteiger partial charge < -0.3 is 0 Å². The first-order chi connectivity index (χ1) is 5.82. The molecule has 0 spiro atoms. The molecule has 0 aliphatic carbocycles. The Bertz CT molecular complexity index is 424. The molecule has 0 aromatic heterocycles. The van der Waals surface area contributed by atoms with Gasteiger partial charge in [0.15, 0.2) is 6.10 Å². The molecule has 2 aliphatic rings. The van der Waals surface area contributed by atoms with E-state index in [4.69, 9.17) is 0 Å². The molecule has 3 unspecified atom stereocenters. The number of hydrogen-bond acceptors (Lipinski definition) is 6. The summed E-state index contributed by atoms with van der Waals surface area (Å²) in [4.78, 5) is 0. The lowest BCUT2D eigenvalue weighted by molar-refractivity contribution is 0.116. The molecule has 0 radical (unpaired) electrons. The van der Waals surface area contributed by atoms with E-state index in [9.17, 15) is 21.2 Å². The molecule has 2 rings (SSSR count). The molecular formula is C4H5FO6S2. The van der Waals surface area contributed by atoms with Crippen LogP contribution in [0.5, 0.6) is 0 Å². The zero-order chi connectivity index (χ0) is 9.85. The molecule has 2 aliphatic heterocycles. The highest BCUT2D eigenvalue weighted by atomic mass is 32.2. The van der Waals surface area contributed by atoms with Crippen molar-refractivity contribution in [3.05, 3.63) is 0 Å². The Kier molecular flexibility index (Phi) is 1.72. The molecule has 2 heterocycles. The molecule has 3 atom stereocenters. The van der Waals surface area contributed by atoms with Crippen molar-refractivity contribution in [2.75, 3.05) is 5.75 Å². The summed E-state index contributed by atoms with van der Waals surface area (Å²) in [5.74, 6) is -0.614. The molecule has 13 heavy (non-hydrogen) atoms. The fourth-order valence-corrected chi connectivity index (χ4v) is 3.89. The summed E-state index contributed by atoms with van der Waals surface area (Å²) in [7, 11) is -8.11. The first kappa shape index (κ1) is 9.31. The zero-order valence-electron chi connectivity index (χ0n) is 6.08. The van der Waals surface area contributed by atoms with Crippen molar-refractivity contribution >= 4 is 20.2 Å². The Morgan fingerprint density at radius 2 is 1.77 bits per heavy atom. The van der Waals surface area contributed by atoms with Gasteiger partial charge in [-0.05, 0) is 0 Å². The topological polar surface area (TPSA) is 86.7 Å². The predicted octanol–water partition coefficient (Wildman–Crippen LogP) is -1.26. The summed E-state index contributed by atoms with van der Waals surface area (Å²) in [5, 5.41) is 0. The van der Waals surface area contributed by atoms with Gasteiger partial charge in [0, 0.05) is 0 Å². The Hall–Kier alpha value is -0.250. The van der Waals surface area contributed by atoms with Crippen LogP contribution in [0.2, 0.25) is 0 Å². The first-order valence-corrected chi connectivity index (χ1v) is 6.34.